The zero-order valence-electron chi connectivity index (χ0n) is 6.85. The third-order valence-corrected chi connectivity index (χ3v) is 2.71. The number of rotatable bonds is 2. The van der Waals surface area contributed by atoms with Gasteiger partial charge in [-0.1, -0.05) is 12.8 Å². The van der Waals surface area contributed by atoms with Crippen LogP contribution in [0.15, 0.2) is 0 Å². The third kappa shape index (κ3) is 1.92. The van der Waals surface area contributed by atoms with Gasteiger partial charge in [0.1, 0.15) is 6.17 Å². The fourth-order valence-electron chi connectivity index (χ4n) is 1.83. The summed E-state index contributed by atoms with van der Waals surface area (Å²) >= 11 is 0. The van der Waals surface area contributed by atoms with Crippen LogP contribution in [0.1, 0.15) is 38.5 Å². The first-order chi connectivity index (χ1) is 5.36. The molecule has 1 N–H and O–H groups in total. The third-order valence-electron chi connectivity index (χ3n) is 2.71. The van der Waals surface area contributed by atoms with E-state index >= 15 is 0 Å². The standard InChI is InChI=1S/C9H16FN/c10-8-3-1-2-4-9(8)11-7-5-6-7/h7-9,11H,1-6H2/t8-,9-/m1/s1. The highest BCUT2D eigenvalue weighted by molar-refractivity contribution is 4.89. The van der Waals surface area contributed by atoms with Gasteiger partial charge in [-0.3, -0.25) is 0 Å². The van der Waals surface area contributed by atoms with E-state index in [1.54, 1.807) is 0 Å². The zero-order chi connectivity index (χ0) is 7.68. The first-order valence-corrected chi connectivity index (χ1v) is 4.76. The van der Waals surface area contributed by atoms with E-state index in [2.05, 4.69) is 5.32 Å². The van der Waals surface area contributed by atoms with Crippen LogP contribution in [0.4, 0.5) is 4.39 Å². The molecule has 2 saturated carbocycles. The van der Waals surface area contributed by atoms with Gasteiger partial charge in [-0.25, -0.2) is 4.39 Å². The molecule has 2 rings (SSSR count). The van der Waals surface area contributed by atoms with Crippen LogP contribution in [-0.4, -0.2) is 18.3 Å². The molecule has 0 aliphatic heterocycles. The molecule has 2 heteroatoms. The SMILES string of the molecule is F[C@@H]1CCCC[C@H]1NC1CC1. The van der Waals surface area contributed by atoms with Crippen molar-refractivity contribution in [2.75, 3.05) is 0 Å². The van der Waals surface area contributed by atoms with Crippen molar-refractivity contribution in [2.45, 2.75) is 56.8 Å². The maximum absolute atomic E-state index is 13.2. The maximum Gasteiger partial charge on any atom is 0.115 e. The lowest BCUT2D eigenvalue weighted by molar-refractivity contribution is 0.188. The van der Waals surface area contributed by atoms with Crippen molar-refractivity contribution in [1.82, 2.24) is 5.32 Å². The highest BCUT2D eigenvalue weighted by Crippen LogP contribution is 2.26. The van der Waals surface area contributed by atoms with Gasteiger partial charge in [-0.05, 0) is 25.7 Å². The predicted octanol–water partition coefficient (Wildman–Crippen LogP) is 2.02. The fourth-order valence-corrected chi connectivity index (χ4v) is 1.83. The molecular formula is C9H16FN. The van der Waals surface area contributed by atoms with Gasteiger partial charge < -0.3 is 5.32 Å². The Kier molecular flexibility index (Phi) is 2.12. The van der Waals surface area contributed by atoms with Gasteiger partial charge in [0, 0.05) is 12.1 Å². The molecule has 2 aliphatic carbocycles. The number of alkyl halides is 1. The summed E-state index contributed by atoms with van der Waals surface area (Å²) in [7, 11) is 0. The van der Waals surface area contributed by atoms with Crippen LogP contribution in [-0.2, 0) is 0 Å². The first kappa shape index (κ1) is 7.53. The molecule has 0 radical (unpaired) electrons. The summed E-state index contributed by atoms with van der Waals surface area (Å²) in [6, 6.07) is 0.854. The second-order valence-corrected chi connectivity index (χ2v) is 3.85. The number of hydrogen-bond donors (Lipinski definition) is 1. The number of halogens is 1. The summed E-state index contributed by atoms with van der Waals surface area (Å²) in [5, 5.41) is 3.37. The molecule has 0 spiro atoms. The van der Waals surface area contributed by atoms with Crippen molar-refractivity contribution >= 4 is 0 Å². The van der Waals surface area contributed by atoms with Crippen LogP contribution in [0.3, 0.4) is 0 Å². The fraction of sp³-hybridized carbons (Fsp3) is 1.00. The summed E-state index contributed by atoms with van der Waals surface area (Å²) in [5.41, 5.74) is 0. The van der Waals surface area contributed by atoms with Gasteiger partial charge in [0.15, 0.2) is 0 Å². The molecule has 0 amide bonds. The van der Waals surface area contributed by atoms with Gasteiger partial charge in [-0.15, -0.1) is 0 Å². The van der Waals surface area contributed by atoms with Crippen molar-refractivity contribution in [3.63, 3.8) is 0 Å². The van der Waals surface area contributed by atoms with E-state index in [1.807, 2.05) is 0 Å². The van der Waals surface area contributed by atoms with Crippen molar-refractivity contribution in [1.29, 1.82) is 0 Å². The normalized spacial score (nSPS) is 39.0. The Morgan fingerprint density at radius 3 is 2.36 bits per heavy atom. The molecule has 0 aromatic rings. The molecule has 2 aliphatic rings. The lowest BCUT2D eigenvalue weighted by atomic mass is 9.93. The van der Waals surface area contributed by atoms with Crippen molar-refractivity contribution in [3.8, 4) is 0 Å². The second-order valence-electron chi connectivity index (χ2n) is 3.85. The molecule has 11 heavy (non-hydrogen) atoms. The Labute approximate surface area is 67.4 Å². The Morgan fingerprint density at radius 2 is 1.73 bits per heavy atom. The summed E-state index contributed by atoms with van der Waals surface area (Å²) in [6.07, 6.45) is 6.10. The molecule has 2 atom stereocenters. The Morgan fingerprint density at radius 1 is 1.00 bits per heavy atom. The molecular weight excluding hydrogens is 141 g/mol. The molecule has 0 unspecified atom stereocenters. The van der Waals surface area contributed by atoms with Crippen LogP contribution in [0.5, 0.6) is 0 Å². The van der Waals surface area contributed by atoms with Gasteiger partial charge >= 0.3 is 0 Å². The summed E-state index contributed by atoms with van der Waals surface area (Å²) in [5.74, 6) is 0. The van der Waals surface area contributed by atoms with Gasteiger partial charge in [0.05, 0.1) is 0 Å². The second kappa shape index (κ2) is 3.10. The summed E-state index contributed by atoms with van der Waals surface area (Å²) in [4.78, 5) is 0. The largest absolute Gasteiger partial charge is 0.308 e. The summed E-state index contributed by atoms with van der Waals surface area (Å²) < 4.78 is 13.2. The predicted molar refractivity (Wildman–Crippen MR) is 43.3 cm³/mol. The van der Waals surface area contributed by atoms with Gasteiger partial charge in [0.25, 0.3) is 0 Å². The van der Waals surface area contributed by atoms with Crippen molar-refractivity contribution in [3.05, 3.63) is 0 Å². The smallest absolute Gasteiger partial charge is 0.115 e. The van der Waals surface area contributed by atoms with Crippen LogP contribution in [0.25, 0.3) is 0 Å². The molecule has 0 aromatic carbocycles. The Balaban J connectivity index is 1.78. The van der Waals surface area contributed by atoms with Gasteiger partial charge in [0.2, 0.25) is 0 Å². The van der Waals surface area contributed by atoms with Crippen LogP contribution < -0.4 is 5.32 Å². The Hall–Kier alpha value is -0.110. The molecule has 64 valence electrons. The monoisotopic (exact) mass is 157 g/mol. The van der Waals surface area contributed by atoms with E-state index in [-0.39, 0.29) is 6.04 Å². The molecule has 2 fully saturated rings. The average molecular weight is 157 g/mol. The van der Waals surface area contributed by atoms with E-state index in [0.29, 0.717) is 6.04 Å². The average Bonchev–Trinajstić information content (AvgIpc) is 2.78. The lowest BCUT2D eigenvalue weighted by Gasteiger charge is -2.26. The van der Waals surface area contributed by atoms with E-state index in [4.69, 9.17) is 0 Å². The molecule has 0 saturated heterocycles. The minimum absolute atomic E-state index is 0.191. The van der Waals surface area contributed by atoms with Crippen LogP contribution in [0.2, 0.25) is 0 Å². The van der Waals surface area contributed by atoms with E-state index in [1.165, 1.54) is 19.3 Å². The van der Waals surface area contributed by atoms with Crippen molar-refractivity contribution in [2.24, 2.45) is 0 Å². The van der Waals surface area contributed by atoms with Gasteiger partial charge in [-0.2, -0.15) is 0 Å². The summed E-state index contributed by atoms with van der Waals surface area (Å²) in [6.45, 7) is 0. The highest BCUT2D eigenvalue weighted by Gasteiger charge is 2.30. The minimum Gasteiger partial charge on any atom is -0.308 e. The van der Waals surface area contributed by atoms with Crippen LogP contribution in [0, 0.1) is 0 Å². The molecule has 0 bridgehead atoms. The van der Waals surface area contributed by atoms with Crippen LogP contribution >= 0.6 is 0 Å². The molecule has 0 heterocycles. The van der Waals surface area contributed by atoms with E-state index in [0.717, 1.165) is 19.3 Å². The van der Waals surface area contributed by atoms with E-state index < -0.39 is 6.17 Å². The number of nitrogens with one attached hydrogen (secondary N) is 1. The number of hydrogen-bond acceptors (Lipinski definition) is 1. The maximum atomic E-state index is 13.2. The topological polar surface area (TPSA) is 12.0 Å². The first-order valence-electron chi connectivity index (χ1n) is 4.76. The van der Waals surface area contributed by atoms with Crippen molar-refractivity contribution < 1.29 is 4.39 Å². The molecule has 0 aromatic heterocycles. The van der Waals surface area contributed by atoms with E-state index in [9.17, 15) is 4.39 Å². The quantitative estimate of drug-likeness (QED) is 0.646. The Bertz CT molecular complexity index is 134. The molecule has 1 nitrogen and oxygen atoms in total. The highest BCUT2D eigenvalue weighted by atomic mass is 19.1. The minimum atomic E-state index is -0.565. The lowest BCUT2D eigenvalue weighted by Crippen LogP contribution is -2.40. The zero-order valence-corrected chi connectivity index (χ0v) is 6.85.